The normalized spacial score (nSPS) is 9.84. The summed E-state index contributed by atoms with van der Waals surface area (Å²) in [6.45, 7) is 0.480. The van der Waals surface area contributed by atoms with E-state index >= 15 is 0 Å². The smallest absolute Gasteiger partial charge is 0.228 e. The maximum absolute atomic E-state index is 5.43. The Hall–Kier alpha value is -1.79. The van der Waals surface area contributed by atoms with Crippen molar-refractivity contribution in [2.45, 2.75) is 6.42 Å². The van der Waals surface area contributed by atoms with Crippen molar-refractivity contribution < 1.29 is 14.0 Å². The minimum atomic E-state index is 0. The number of nitrogens with zero attached hydrogens (tertiary/aromatic N) is 2. The van der Waals surface area contributed by atoms with E-state index < -0.39 is 0 Å². The number of ether oxygens (including phenoxy) is 2. The van der Waals surface area contributed by atoms with Crippen LogP contribution in [0.3, 0.4) is 0 Å². The summed E-state index contributed by atoms with van der Waals surface area (Å²) >= 11 is 0. The molecular weight excluding hydrogens is 270 g/mol. The Morgan fingerprint density at radius 1 is 1.21 bits per heavy atom. The Morgan fingerprint density at radius 2 is 1.95 bits per heavy atom. The van der Waals surface area contributed by atoms with Crippen LogP contribution in [0.2, 0.25) is 0 Å². The summed E-state index contributed by atoms with van der Waals surface area (Å²) in [5, 5.41) is 3.90. The maximum Gasteiger partial charge on any atom is 0.228 e. The van der Waals surface area contributed by atoms with Gasteiger partial charge in [0.15, 0.2) is 11.5 Å². The molecule has 0 unspecified atom stereocenters. The lowest BCUT2D eigenvalue weighted by molar-refractivity contribution is 0.355. The van der Waals surface area contributed by atoms with Crippen LogP contribution in [0.1, 0.15) is 5.89 Å². The van der Waals surface area contributed by atoms with Crippen LogP contribution in [0.4, 0.5) is 0 Å². The van der Waals surface area contributed by atoms with Crippen molar-refractivity contribution in [3.8, 4) is 22.9 Å². The fraction of sp³-hybridized carbons (Fsp3) is 0.333. The third kappa shape index (κ3) is 3.36. The average molecular weight is 286 g/mol. The van der Waals surface area contributed by atoms with E-state index in [1.54, 1.807) is 26.4 Å². The Labute approximate surface area is 117 Å². The van der Waals surface area contributed by atoms with Crippen LogP contribution >= 0.6 is 12.4 Å². The van der Waals surface area contributed by atoms with Crippen molar-refractivity contribution in [1.29, 1.82) is 0 Å². The molecule has 6 nitrogen and oxygen atoms in total. The number of hydrogen-bond donors (Lipinski definition) is 1. The standard InChI is InChI=1S/C12H15N3O3.ClH/c1-16-9-4-3-8(7-10(9)17-2)12-14-11(5-6-13)18-15-12;/h3-4,7H,5-6,13H2,1-2H3;1H. The lowest BCUT2D eigenvalue weighted by Gasteiger charge is -2.07. The van der Waals surface area contributed by atoms with Gasteiger partial charge in [0.1, 0.15) is 0 Å². The van der Waals surface area contributed by atoms with Crippen LogP contribution in [-0.4, -0.2) is 30.9 Å². The first-order valence-corrected chi connectivity index (χ1v) is 5.53. The largest absolute Gasteiger partial charge is 0.493 e. The zero-order valence-electron chi connectivity index (χ0n) is 10.8. The molecule has 104 valence electrons. The Morgan fingerprint density at radius 3 is 2.58 bits per heavy atom. The van der Waals surface area contributed by atoms with E-state index in [-0.39, 0.29) is 12.4 Å². The molecule has 0 atom stereocenters. The molecule has 2 rings (SSSR count). The highest BCUT2D eigenvalue weighted by molar-refractivity contribution is 5.85. The van der Waals surface area contributed by atoms with E-state index in [9.17, 15) is 0 Å². The second kappa shape index (κ2) is 6.96. The summed E-state index contributed by atoms with van der Waals surface area (Å²) in [7, 11) is 3.17. The number of halogens is 1. The first-order chi connectivity index (χ1) is 8.78. The first kappa shape index (κ1) is 15.3. The van der Waals surface area contributed by atoms with Crippen LogP contribution in [0, 0.1) is 0 Å². The minimum absolute atomic E-state index is 0. The highest BCUT2D eigenvalue weighted by atomic mass is 35.5. The zero-order valence-corrected chi connectivity index (χ0v) is 11.6. The molecule has 1 aromatic heterocycles. The van der Waals surface area contributed by atoms with E-state index in [0.717, 1.165) is 5.56 Å². The lowest BCUT2D eigenvalue weighted by atomic mass is 10.2. The molecule has 0 spiro atoms. The Bertz CT molecular complexity index is 531. The van der Waals surface area contributed by atoms with E-state index in [1.165, 1.54) is 0 Å². The second-order valence-corrected chi connectivity index (χ2v) is 3.62. The molecule has 0 aliphatic heterocycles. The number of benzene rings is 1. The van der Waals surface area contributed by atoms with Gasteiger partial charge in [-0.05, 0) is 18.2 Å². The minimum Gasteiger partial charge on any atom is -0.493 e. The van der Waals surface area contributed by atoms with Crippen LogP contribution in [0.5, 0.6) is 11.5 Å². The number of methoxy groups -OCH3 is 2. The van der Waals surface area contributed by atoms with Gasteiger partial charge in [-0.1, -0.05) is 5.16 Å². The van der Waals surface area contributed by atoms with E-state index in [4.69, 9.17) is 19.7 Å². The number of aromatic nitrogens is 2. The van der Waals surface area contributed by atoms with Crippen molar-refractivity contribution in [2.75, 3.05) is 20.8 Å². The molecule has 19 heavy (non-hydrogen) atoms. The summed E-state index contributed by atoms with van der Waals surface area (Å²) in [5.41, 5.74) is 6.23. The molecule has 0 saturated heterocycles. The molecule has 0 bridgehead atoms. The van der Waals surface area contributed by atoms with Gasteiger partial charge >= 0.3 is 0 Å². The molecule has 0 radical (unpaired) electrons. The number of hydrogen-bond acceptors (Lipinski definition) is 6. The topological polar surface area (TPSA) is 83.4 Å². The molecular formula is C12H16ClN3O3. The van der Waals surface area contributed by atoms with Crippen molar-refractivity contribution in [3.05, 3.63) is 24.1 Å². The van der Waals surface area contributed by atoms with Gasteiger partial charge in [-0.25, -0.2) is 0 Å². The monoisotopic (exact) mass is 285 g/mol. The lowest BCUT2D eigenvalue weighted by Crippen LogP contribution is -2.02. The van der Waals surface area contributed by atoms with Crippen LogP contribution in [0.15, 0.2) is 22.7 Å². The highest BCUT2D eigenvalue weighted by Gasteiger charge is 2.11. The van der Waals surface area contributed by atoms with Gasteiger partial charge in [-0.15, -0.1) is 12.4 Å². The molecule has 1 aromatic carbocycles. The molecule has 7 heteroatoms. The fourth-order valence-electron chi connectivity index (χ4n) is 1.57. The molecule has 0 saturated carbocycles. The molecule has 0 aliphatic carbocycles. The van der Waals surface area contributed by atoms with Crippen molar-refractivity contribution in [1.82, 2.24) is 10.1 Å². The van der Waals surface area contributed by atoms with E-state index in [0.29, 0.717) is 36.2 Å². The fourth-order valence-corrected chi connectivity index (χ4v) is 1.57. The van der Waals surface area contributed by atoms with Gasteiger partial charge in [0.2, 0.25) is 11.7 Å². The Kier molecular flexibility index (Phi) is 5.59. The summed E-state index contributed by atoms with van der Waals surface area (Å²) in [6.07, 6.45) is 0.570. The van der Waals surface area contributed by atoms with Gasteiger partial charge in [-0.2, -0.15) is 4.98 Å². The zero-order chi connectivity index (χ0) is 13.0. The second-order valence-electron chi connectivity index (χ2n) is 3.62. The quantitative estimate of drug-likeness (QED) is 0.900. The van der Waals surface area contributed by atoms with Crippen LogP contribution in [-0.2, 0) is 6.42 Å². The first-order valence-electron chi connectivity index (χ1n) is 5.53. The predicted molar refractivity (Wildman–Crippen MR) is 72.8 cm³/mol. The van der Waals surface area contributed by atoms with Gasteiger partial charge in [0.05, 0.1) is 14.2 Å². The van der Waals surface area contributed by atoms with Gasteiger partial charge in [0, 0.05) is 18.5 Å². The van der Waals surface area contributed by atoms with Gasteiger partial charge < -0.3 is 19.7 Å². The summed E-state index contributed by atoms with van der Waals surface area (Å²) < 4.78 is 15.5. The third-order valence-corrected chi connectivity index (χ3v) is 2.47. The average Bonchev–Trinajstić information content (AvgIpc) is 2.87. The van der Waals surface area contributed by atoms with Gasteiger partial charge in [-0.3, -0.25) is 0 Å². The molecule has 0 amide bonds. The third-order valence-electron chi connectivity index (χ3n) is 2.47. The van der Waals surface area contributed by atoms with Crippen molar-refractivity contribution in [3.63, 3.8) is 0 Å². The SMILES string of the molecule is COc1ccc(-c2noc(CCN)n2)cc1OC.Cl. The molecule has 0 fully saturated rings. The van der Waals surface area contributed by atoms with E-state index in [2.05, 4.69) is 10.1 Å². The molecule has 1 heterocycles. The summed E-state index contributed by atoms with van der Waals surface area (Å²) in [5.74, 6) is 2.33. The van der Waals surface area contributed by atoms with Crippen LogP contribution in [0.25, 0.3) is 11.4 Å². The van der Waals surface area contributed by atoms with Gasteiger partial charge in [0.25, 0.3) is 0 Å². The molecule has 2 N–H and O–H groups in total. The van der Waals surface area contributed by atoms with Crippen molar-refractivity contribution >= 4 is 12.4 Å². The van der Waals surface area contributed by atoms with Crippen LogP contribution < -0.4 is 15.2 Å². The highest BCUT2D eigenvalue weighted by Crippen LogP contribution is 2.31. The van der Waals surface area contributed by atoms with Crippen molar-refractivity contribution in [2.24, 2.45) is 5.73 Å². The molecule has 2 aromatic rings. The Balaban J connectivity index is 0.00000180. The summed E-state index contributed by atoms with van der Waals surface area (Å²) in [6, 6.07) is 5.45. The number of rotatable bonds is 5. The molecule has 0 aliphatic rings. The number of nitrogens with two attached hydrogens (primary N) is 1. The predicted octanol–water partition coefficient (Wildman–Crippen LogP) is 1.68. The van der Waals surface area contributed by atoms with E-state index in [1.807, 2.05) is 6.07 Å². The maximum atomic E-state index is 5.43. The summed E-state index contributed by atoms with van der Waals surface area (Å²) in [4.78, 5) is 4.25.